The van der Waals surface area contributed by atoms with Gasteiger partial charge >= 0.3 is 12.1 Å². The predicted molar refractivity (Wildman–Crippen MR) is 124 cm³/mol. The quantitative estimate of drug-likeness (QED) is 0.551. The second kappa shape index (κ2) is 11.9. The average Bonchev–Trinajstić information content (AvgIpc) is 3.43. The minimum Gasteiger partial charge on any atom is -0.346 e. The minimum atomic E-state index is 0.108. The molecule has 4 saturated heterocycles. The van der Waals surface area contributed by atoms with E-state index in [0.717, 1.165) is 58.4 Å². The third kappa shape index (κ3) is 7.87. The van der Waals surface area contributed by atoms with Crippen LogP contribution in [0.2, 0.25) is 0 Å². The van der Waals surface area contributed by atoms with Crippen LogP contribution in [0.5, 0.6) is 0 Å². The highest BCUT2D eigenvalue weighted by Crippen LogP contribution is 2.26. The number of carbonyl (C=O) groups is 4. The number of hydrogen-bond donors (Lipinski definition) is 0. The van der Waals surface area contributed by atoms with Crippen molar-refractivity contribution in [3.63, 3.8) is 0 Å². The molecule has 4 rings (SSSR count). The van der Waals surface area contributed by atoms with Crippen LogP contribution < -0.4 is 0 Å². The van der Waals surface area contributed by atoms with Gasteiger partial charge in [0.05, 0.1) is 0 Å². The molecule has 10 heteroatoms. The van der Waals surface area contributed by atoms with Crippen LogP contribution in [0.1, 0.15) is 39.5 Å². The Labute approximate surface area is 193 Å². The van der Waals surface area contributed by atoms with Gasteiger partial charge in [0.1, 0.15) is 0 Å². The zero-order valence-corrected chi connectivity index (χ0v) is 21.2. The lowest BCUT2D eigenvalue weighted by atomic mass is 10.0. The van der Waals surface area contributed by atoms with Crippen LogP contribution >= 0.6 is 0 Å². The summed E-state index contributed by atoms with van der Waals surface area (Å²) in [5, 5.41) is 0. The normalized spacial score (nSPS) is 22.0. The fraction of sp³-hybridized carbons (Fsp3) is 0.818. The molecule has 10 nitrogen and oxygen atoms in total. The van der Waals surface area contributed by atoms with Crippen molar-refractivity contribution in [3.05, 3.63) is 0 Å². The van der Waals surface area contributed by atoms with Gasteiger partial charge in [-0.2, -0.15) is 0 Å². The number of likely N-dealkylation sites (N-methyl/N-ethyl adjacent to an activating group) is 4. The summed E-state index contributed by atoms with van der Waals surface area (Å²) in [6.07, 6.45) is 3.54. The van der Waals surface area contributed by atoms with Gasteiger partial charge < -0.3 is 29.4 Å². The molecule has 0 N–H and O–H groups in total. The van der Waals surface area contributed by atoms with E-state index in [-0.39, 0.29) is 23.5 Å². The monoisotopic (exact) mass is 454 g/mol. The lowest BCUT2D eigenvalue weighted by molar-refractivity contribution is -0.129. The molecule has 4 aliphatic heterocycles. The molecule has 32 heavy (non-hydrogen) atoms. The Morgan fingerprint density at radius 2 is 0.969 bits per heavy atom. The number of carbonyl (C=O) groups excluding carboxylic acids is 4. The van der Waals surface area contributed by atoms with E-state index in [4.69, 9.17) is 0 Å². The molecule has 0 atom stereocenters. The largest absolute Gasteiger partial charge is 0.346 e. The fourth-order valence-electron chi connectivity index (χ4n) is 3.43. The Morgan fingerprint density at radius 1 is 0.562 bits per heavy atom. The molecule has 0 spiro atoms. The third-order valence-electron chi connectivity index (χ3n) is 6.39. The van der Waals surface area contributed by atoms with Gasteiger partial charge in [-0.25, -0.2) is 9.59 Å². The highest BCUT2D eigenvalue weighted by molar-refractivity contribution is 5.79. The van der Waals surface area contributed by atoms with Gasteiger partial charge in [0.15, 0.2) is 0 Å². The lowest BCUT2D eigenvalue weighted by Crippen LogP contribution is -2.36. The Morgan fingerprint density at radius 3 is 1.06 bits per heavy atom. The van der Waals surface area contributed by atoms with Crippen LogP contribution in [-0.4, -0.2) is 134 Å². The van der Waals surface area contributed by atoms with E-state index in [9.17, 15) is 19.2 Å². The molecule has 0 aromatic heterocycles. The van der Waals surface area contributed by atoms with Crippen molar-refractivity contribution in [2.75, 3.05) is 75.0 Å². The number of hydrogen-bond acceptors (Lipinski definition) is 4. The van der Waals surface area contributed by atoms with E-state index in [1.54, 1.807) is 24.5 Å². The second-order valence-electron chi connectivity index (χ2n) is 9.44. The summed E-state index contributed by atoms with van der Waals surface area (Å²) in [6.45, 7) is 8.63. The number of amides is 6. The van der Waals surface area contributed by atoms with Crippen LogP contribution in [-0.2, 0) is 9.59 Å². The standard InChI is InChI=1S/C7H13NO.2C5H10N2O.C5H9NO/c1-7(2)5-4-6(9)8(7)3;2*1-6-3-4-7(2)5(6)8;1-6-4-2-3-5(6)7/h4-5H2,1-3H3;2*3-4H2,1-2H3;2-4H2,1H3. The van der Waals surface area contributed by atoms with E-state index in [1.165, 1.54) is 0 Å². The number of urea groups is 2. The van der Waals surface area contributed by atoms with E-state index in [2.05, 4.69) is 13.8 Å². The molecule has 4 heterocycles. The maximum absolute atomic E-state index is 10.9. The molecule has 4 fully saturated rings. The van der Waals surface area contributed by atoms with Crippen LogP contribution in [0.3, 0.4) is 0 Å². The van der Waals surface area contributed by atoms with E-state index in [1.807, 2.05) is 47.2 Å². The van der Waals surface area contributed by atoms with Crippen molar-refractivity contribution in [1.29, 1.82) is 0 Å². The number of likely N-dealkylation sites (tertiary alicyclic amines) is 2. The molecule has 0 aliphatic carbocycles. The van der Waals surface area contributed by atoms with Crippen LogP contribution in [0.25, 0.3) is 0 Å². The first-order valence-electron chi connectivity index (χ1n) is 11.2. The fourth-order valence-corrected chi connectivity index (χ4v) is 3.43. The van der Waals surface area contributed by atoms with E-state index in [0.29, 0.717) is 5.91 Å². The molecule has 0 bridgehead atoms. The van der Waals surface area contributed by atoms with Gasteiger partial charge in [0, 0.05) is 93.4 Å². The van der Waals surface area contributed by atoms with Gasteiger partial charge in [-0.3, -0.25) is 9.59 Å². The average molecular weight is 455 g/mol. The lowest BCUT2D eigenvalue weighted by Gasteiger charge is -2.27. The molecular weight excluding hydrogens is 412 g/mol. The summed E-state index contributed by atoms with van der Waals surface area (Å²) in [5.74, 6) is 0.569. The van der Waals surface area contributed by atoms with Crippen molar-refractivity contribution in [1.82, 2.24) is 29.4 Å². The van der Waals surface area contributed by atoms with E-state index >= 15 is 0 Å². The van der Waals surface area contributed by atoms with Gasteiger partial charge in [-0.1, -0.05) is 0 Å². The van der Waals surface area contributed by atoms with Gasteiger partial charge in [-0.15, -0.1) is 0 Å². The minimum absolute atomic E-state index is 0.108. The third-order valence-corrected chi connectivity index (χ3v) is 6.39. The second-order valence-corrected chi connectivity index (χ2v) is 9.44. The van der Waals surface area contributed by atoms with Crippen LogP contribution in [0, 0.1) is 0 Å². The highest BCUT2D eigenvalue weighted by atomic mass is 16.2. The van der Waals surface area contributed by atoms with Crippen molar-refractivity contribution in [2.45, 2.75) is 45.1 Å². The molecule has 0 saturated carbocycles. The zero-order chi connectivity index (χ0) is 24.6. The SMILES string of the molecule is CN1C(=O)CCC1(C)C.CN1CCCC1=O.CN1CCN(C)C1=O.CN1CCN(C)C1=O. The molecule has 0 aromatic rings. The molecule has 0 unspecified atom stereocenters. The maximum atomic E-state index is 10.9. The predicted octanol–water partition coefficient (Wildman–Crippen LogP) is 1.22. The van der Waals surface area contributed by atoms with Crippen LogP contribution in [0.4, 0.5) is 9.59 Å². The molecule has 4 aliphatic rings. The van der Waals surface area contributed by atoms with Crippen molar-refractivity contribution >= 4 is 23.9 Å². The Hall–Kier alpha value is -2.52. The van der Waals surface area contributed by atoms with Crippen molar-refractivity contribution in [3.8, 4) is 0 Å². The number of nitrogens with zero attached hydrogens (tertiary/aromatic N) is 6. The van der Waals surface area contributed by atoms with Crippen molar-refractivity contribution < 1.29 is 19.2 Å². The topological polar surface area (TPSA) is 87.7 Å². The molecule has 184 valence electrons. The summed E-state index contributed by atoms with van der Waals surface area (Å²) in [5.41, 5.74) is 0.108. The van der Waals surface area contributed by atoms with E-state index < -0.39 is 0 Å². The molecule has 0 aromatic carbocycles. The first-order valence-corrected chi connectivity index (χ1v) is 11.2. The van der Waals surface area contributed by atoms with Crippen molar-refractivity contribution in [2.24, 2.45) is 0 Å². The molecule has 6 amide bonds. The zero-order valence-electron chi connectivity index (χ0n) is 21.2. The Balaban J connectivity index is 0.000000214. The highest BCUT2D eigenvalue weighted by Gasteiger charge is 2.34. The maximum Gasteiger partial charge on any atom is 0.319 e. The van der Waals surface area contributed by atoms with Gasteiger partial charge in [0.2, 0.25) is 11.8 Å². The first-order chi connectivity index (χ1) is 14.8. The molecular formula is C22H42N6O4. The van der Waals surface area contributed by atoms with Gasteiger partial charge in [-0.05, 0) is 26.7 Å². The smallest absolute Gasteiger partial charge is 0.319 e. The molecule has 0 radical (unpaired) electrons. The number of rotatable bonds is 0. The first kappa shape index (κ1) is 27.5. The summed E-state index contributed by atoms with van der Waals surface area (Å²) in [4.78, 5) is 53.4. The summed E-state index contributed by atoms with van der Waals surface area (Å²) in [7, 11) is 11.0. The van der Waals surface area contributed by atoms with Crippen LogP contribution in [0.15, 0.2) is 0 Å². The van der Waals surface area contributed by atoms with Gasteiger partial charge in [0.25, 0.3) is 0 Å². The summed E-state index contributed by atoms with van der Waals surface area (Å²) < 4.78 is 0. The Kier molecular flexibility index (Phi) is 10.2. The summed E-state index contributed by atoms with van der Waals surface area (Å²) >= 11 is 0. The Bertz CT molecular complexity index is 631. The summed E-state index contributed by atoms with van der Waals surface area (Å²) in [6, 6.07) is 0.259.